The third-order valence-electron chi connectivity index (χ3n) is 2.14. The van der Waals surface area contributed by atoms with Gasteiger partial charge in [0.2, 0.25) is 0 Å². The predicted octanol–water partition coefficient (Wildman–Crippen LogP) is 2.62. The van der Waals surface area contributed by atoms with Crippen molar-refractivity contribution >= 4 is 11.8 Å². The van der Waals surface area contributed by atoms with Crippen LogP contribution in [0.25, 0.3) is 0 Å². The number of pyridine rings is 1. The average molecular weight is 272 g/mol. The summed E-state index contributed by atoms with van der Waals surface area (Å²) >= 11 is 0. The maximum atomic E-state index is 12.5. The fourth-order valence-electron chi connectivity index (χ4n) is 1.29. The lowest BCUT2D eigenvalue weighted by atomic mass is 10.2. The maximum absolute atomic E-state index is 12.5. The molecule has 0 saturated carbocycles. The molecule has 0 aromatic carbocycles. The first-order valence-corrected chi connectivity index (χ1v) is 5.31. The summed E-state index contributed by atoms with van der Waals surface area (Å²) < 4.78 is 37.5. The molecular weight excluding hydrogens is 261 g/mol. The average Bonchev–Trinajstić information content (AvgIpc) is 2.33. The topological polar surface area (TPSA) is 62.2 Å². The summed E-state index contributed by atoms with van der Waals surface area (Å²) in [5, 5.41) is 11.4. The molecule has 102 valence electrons. The highest BCUT2D eigenvalue weighted by Crippen LogP contribution is 2.29. The van der Waals surface area contributed by atoms with E-state index in [1.165, 1.54) is 0 Å². The Balaban J connectivity index is 3.01. The van der Waals surface area contributed by atoms with Crippen LogP contribution in [0.2, 0.25) is 0 Å². The highest BCUT2D eigenvalue weighted by molar-refractivity contribution is 5.93. The van der Waals surface area contributed by atoms with E-state index in [0.29, 0.717) is 12.5 Å². The Kier molecular flexibility index (Phi) is 4.75. The van der Waals surface area contributed by atoms with Gasteiger partial charge in [0.1, 0.15) is 17.1 Å². The third kappa shape index (κ3) is 4.17. The normalized spacial score (nSPS) is 10.5. The smallest absolute Gasteiger partial charge is 0.433 e. The summed E-state index contributed by atoms with van der Waals surface area (Å²) in [4.78, 5) is 14.2. The van der Waals surface area contributed by atoms with Gasteiger partial charge in [-0.3, -0.25) is 0 Å². The molecule has 4 nitrogen and oxygen atoms in total. The van der Waals surface area contributed by atoms with E-state index in [2.05, 4.69) is 22.1 Å². The van der Waals surface area contributed by atoms with Gasteiger partial charge < -0.3 is 10.4 Å². The van der Waals surface area contributed by atoms with Crippen LogP contribution in [0.3, 0.4) is 0 Å². The monoisotopic (exact) mass is 272 g/mol. The van der Waals surface area contributed by atoms with Crippen LogP contribution in [0, 0.1) is 11.8 Å². The Hall–Kier alpha value is -2.23. The number of halogens is 3. The lowest BCUT2D eigenvalue weighted by molar-refractivity contribution is -0.141. The number of rotatable bonds is 4. The number of anilines is 1. The van der Waals surface area contributed by atoms with Crippen molar-refractivity contribution in [2.45, 2.75) is 19.5 Å². The zero-order valence-corrected chi connectivity index (χ0v) is 10.0. The van der Waals surface area contributed by atoms with Gasteiger partial charge in [0.15, 0.2) is 0 Å². The highest BCUT2D eigenvalue weighted by atomic mass is 19.4. The summed E-state index contributed by atoms with van der Waals surface area (Å²) in [5.74, 6) is 3.67. The Morgan fingerprint density at radius 2 is 2.16 bits per heavy atom. The van der Waals surface area contributed by atoms with Crippen molar-refractivity contribution < 1.29 is 23.1 Å². The number of carboxylic acid groups (broad SMARTS) is 1. The summed E-state index contributed by atoms with van der Waals surface area (Å²) in [6.07, 6.45) is -4.23. The number of aromatic carboxylic acids is 1. The van der Waals surface area contributed by atoms with Crippen molar-refractivity contribution in [3.05, 3.63) is 23.4 Å². The second-order valence-electron chi connectivity index (χ2n) is 3.50. The van der Waals surface area contributed by atoms with E-state index >= 15 is 0 Å². The zero-order valence-electron chi connectivity index (χ0n) is 10.0. The van der Waals surface area contributed by atoms with E-state index in [9.17, 15) is 18.0 Å². The largest absolute Gasteiger partial charge is 0.478 e. The first-order valence-electron chi connectivity index (χ1n) is 5.31. The zero-order chi connectivity index (χ0) is 14.5. The summed E-state index contributed by atoms with van der Waals surface area (Å²) in [6, 6.07) is 1.52. The predicted molar refractivity (Wildman–Crippen MR) is 62.8 cm³/mol. The molecule has 2 N–H and O–H groups in total. The van der Waals surface area contributed by atoms with Crippen molar-refractivity contribution in [2.24, 2.45) is 0 Å². The van der Waals surface area contributed by atoms with Crippen molar-refractivity contribution in [2.75, 3.05) is 11.9 Å². The molecule has 0 spiro atoms. The van der Waals surface area contributed by atoms with Gasteiger partial charge in [0.25, 0.3) is 0 Å². The van der Waals surface area contributed by atoms with Gasteiger partial charge in [0, 0.05) is 13.0 Å². The van der Waals surface area contributed by atoms with E-state index in [1.807, 2.05) is 0 Å². The molecule has 19 heavy (non-hydrogen) atoms. The van der Waals surface area contributed by atoms with Gasteiger partial charge in [-0.05, 0) is 19.1 Å². The van der Waals surface area contributed by atoms with Gasteiger partial charge in [-0.2, -0.15) is 13.2 Å². The van der Waals surface area contributed by atoms with E-state index in [1.54, 1.807) is 6.92 Å². The number of hydrogen-bond acceptors (Lipinski definition) is 3. The molecule has 0 fully saturated rings. The van der Waals surface area contributed by atoms with E-state index < -0.39 is 17.8 Å². The molecule has 0 aliphatic heterocycles. The lowest BCUT2D eigenvalue weighted by Crippen LogP contribution is -2.14. The number of nitrogens with one attached hydrogen (secondary N) is 1. The van der Waals surface area contributed by atoms with Gasteiger partial charge in [-0.1, -0.05) is 0 Å². The lowest BCUT2D eigenvalue weighted by Gasteiger charge is -2.11. The van der Waals surface area contributed by atoms with Gasteiger partial charge in [-0.15, -0.1) is 11.8 Å². The Bertz CT molecular complexity index is 530. The molecule has 0 aliphatic rings. The number of carbonyl (C=O) groups is 1. The number of alkyl halides is 3. The minimum absolute atomic E-state index is 0.218. The fourth-order valence-corrected chi connectivity index (χ4v) is 1.29. The van der Waals surface area contributed by atoms with Crippen molar-refractivity contribution in [1.29, 1.82) is 0 Å². The minimum atomic E-state index is -4.61. The molecule has 7 heteroatoms. The van der Waals surface area contributed by atoms with Gasteiger partial charge in [0.05, 0.1) is 0 Å². The van der Waals surface area contributed by atoms with E-state index in [0.717, 1.165) is 6.07 Å². The molecule has 1 rings (SSSR count). The quantitative estimate of drug-likeness (QED) is 0.653. The second kappa shape index (κ2) is 6.09. The first-order chi connectivity index (χ1) is 8.86. The van der Waals surface area contributed by atoms with Crippen LogP contribution in [-0.2, 0) is 6.18 Å². The molecule has 0 radical (unpaired) electrons. The molecule has 1 heterocycles. The summed E-state index contributed by atoms with van der Waals surface area (Å²) in [5.41, 5.74) is -1.45. The van der Waals surface area contributed by atoms with E-state index in [4.69, 9.17) is 5.11 Å². The molecule has 0 aliphatic carbocycles. The molecule has 0 amide bonds. The number of nitrogens with zero attached hydrogens (tertiary/aromatic N) is 1. The SMILES string of the molecule is CC#CCCNc1nc(C(F)(F)F)ccc1C(=O)O. The van der Waals surface area contributed by atoms with E-state index in [-0.39, 0.29) is 17.9 Å². The Morgan fingerprint density at radius 1 is 1.47 bits per heavy atom. The molecule has 0 saturated heterocycles. The maximum Gasteiger partial charge on any atom is 0.433 e. The Morgan fingerprint density at radius 3 is 2.68 bits per heavy atom. The molecule has 1 aromatic rings. The standard InChI is InChI=1S/C12H11F3N2O2/c1-2-3-4-7-16-10-8(11(18)19)5-6-9(17-10)12(13,14)15/h5-6H,4,7H2,1H3,(H,16,17)(H,18,19). The molecule has 0 bridgehead atoms. The first kappa shape index (κ1) is 14.8. The van der Waals surface area contributed by atoms with Crippen molar-refractivity contribution in [3.8, 4) is 11.8 Å². The van der Waals surface area contributed by atoms with Crippen LogP contribution in [-0.4, -0.2) is 22.6 Å². The van der Waals surface area contributed by atoms with Gasteiger partial charge in [-0.25, -0.2) is 9.78 Å². The third-order valence-corrected chi connectivity index (χ3v) is 2.14. The molecule has 0 unspecified atom stereocenters. The molecule has 1 aromatic heterocycles. The number of hydrogen-bond donors (Lipinski definition) is 2. The van der Waals surface area contributed by atoms with Gasteiger partial charge >= 0.3 is 12.1 Å². The van der Waals surface area contributed by atoms with Crippen molar-refractivity contribution in [1.82, 2.24) is 4.98 Å². The molecule has 0 atom stereocenters. The summed E-state index contributed by atoms with van der Waals surface area (Å²) in [6.45, 7) is 1.85. The van der Waals surface area contributed by atoms with Crippen molar-refractivity contribution in [3.63, 3.8) is 0 Å². The fraction of sp³-hybridized carbons (Fsp3) is 0.333. The van der Waals surface area contributed by atoms with Crippen LogP contribution in [0.4, 0.5) is 19.0 Å². The second-order valence-corrected chi connectivity index (χ2v) is 3.50. The Labute approximate surface area is 107 Å². The van der Waals surface area contributed by atoms with Crippen LogP contribution in [0.1, 0.15) is 29.4 Å². The van der Waals surface area contributed by atoms with Crippen LogP contribution >= 0.6 is 0 Å². The number of aromatic nitrogens is 1. The summed E-state index contributed by atoms with van der Waals surface area (Å²) in [7, 11) is 0. The van der Waals surface area contributed by atoms with Crippen LogP contribution < -0.4 is 5.32 Å². The number of carboxylic acids is 1. The van der Waals surface area contributed by atoms with Crippen LogP contribution in [0.5, 0.6) is 0 Å². The molecular formula is C12H11F3N2O2. The minimum Gasteiger partial charge on any atom is -0.478 e. The van der Waals surface area contributed by atoms with Crippen LogP contribution in [0.15, 0.2) is 12.1 Å². The highest BCUT2D eigenvalue weighted by Gasteiger charge is 2.33.